The molecule has 2 heterocycles. The zero-order valence-corrected chi connectivity index (χ0v) is 13.3. The highest BCUT2D eigenvalue weighted by molar-refractivity contribution is 7.89. The Hall–Kier alpha value is -1.70. The number of aromatic nitrogens is 2. The summed E-state index contributed by atoms with van der Waals surface area (Å²) in [5.74, 6) is 0. The highest BCUT2D eigenvalue weighted by Crippen LogP contribution is 2.17. The highest BCUT2D eigenvalue weighted by Gasteiger charge is 2.15. The summed E-state index contributed by atoms with van der Waals surface area (Å²) >= 11 is 1.49. The minimum atomic E-state index is -3.51. The molecule has 0 saturated heterocycles. The largest absolute Gasteiger partial charge is 0.293 e. The molecule has 3 aromatic rings. The van der Waals surface area contributed by atoms with Gasteiger partial charge in [0, 0.05) is 23.5 Å². The maximum Gasteiger partial charge on any atom is 0.240 e. The average molecular weight is 321 g/mol. The van der Waals surface area contributed by atoms with E-state index in [1.165, 1.54) is 11.3 Å². The topological polar surface area (TPSA) is 63.5 Å². The van der Waals surface area contributed by atoms with Gasteiger partial charge in [0.1, 0.15) is 0 Å². The molecule has 0 unspecified atom stereocenters. The van der Waals surface area contributed by atoms with Crippen LogP contribution in [0, 0.1) is 13.8 Å². The number of nitrogens with one attached hydrogen (secondary N) is 1. The molecule has 0 spiro atoms. The summed E-state index contributed by atoms with van der Waals surface area (Å²) in [7, 11) is -3.51. The van der Waals surface area contributed by atoms with Gasteiger partial charge in [0.05, 0.1) is 11.4 Å². The average Bonchev–Trinajstić information content (AvgIpc) is 3.03. The first-order valence-corrected chi connectivity index (χ1v) is 8.80. The summed E-state index contributed by atoms with van der Waals surface area (Å²) in [6, 6.07) is 5.14. The van der Waals surface area contributed by atoms with Crippen molar-refractivity contribution in [3.05, 3.63) is 52.8 Å². The van der Waals surface area contributed by atoms with Crippen LogP contribution in [-0.2, 0) is 16.6 Å². The number of hydrogen-bond donors (Lipinski definition) is 1. The second kappa shape index (κ2) is 5.25. The van der Waals surface area contributed by atoms with E-state index in [1.807, 2.05) is 35.9 Å². The van der Waals surface area contributed by atoms with Gasteiger partial charge in [-0.1, -0.05) is 6.07 Å². The fourth-order valence-electron chi connectivity index (χ4n) is 2.03. The Morgan fingerprint density at radius 3 is 2.86 bits per heavy atom. The Bertz CT molecular complexity index is 894. The van der Waals surface area contributed by atoms with Gasteiger partial charge >= 0.3 is 0 Å². The van der Waals surface area contributed by atoms with Crippen molar-refractivity contribution < 1.29 is 8.42 Å². The summed E-state index contributed by atoms with van der Waals surface area (Å²) in [6.45, 7) is 4.11. The van der Waals surface area contributed by atoms with Gasteiger partial charge in [-0.2, -0.15) is 0 Å². The van der Waals surface area contributed by atoms with Crippen molar-refractivity contribution in [2.75, 3.05) is 0 Å². The van der Waals surface area contributed by atoms with Crippen molar-refractivity contribution >= 4 is 26.3 Å². The van der Waals surface area contributed by atoms with Gasteiger partial charge in [-0.3, -0.25) is 4.40 Å². The molecule has 0 atom stereocenters. The van der Waals surface area contributed by atoms with Crippen LogP contribution >= 0.6 is 11.3 Å². The van der Waals surface area contributed by atoms with E-state index in [9.17, 15) is 8.42 Å². The number of rotatable bonds is 4. The molecule has 2 aromatic heterocycles. The lowest BCUT2D eigenvalue weighted by atomic mass is 10.1. The number of benzene rings is 1. The van der Waals surface area contributed by atoms with Crippen LogP contribution in [-0.4, -0.2) is 17.8 Å². The van der Waals surface area contributed by atoms with Crippen LogP contribution in [0.1, 0.15) is 16.8 Å². The van der Waals surface area contributed by atoms with E-state index in [-0.39, 0.29) is 6.54 Å². The van der Waals surface area contributed by atoms with E-state index >= 15 is 0 Å². The SMILES string of the molecule is Cc1ccc(S(=O)(=O)NCc2csc3nccn23)cc1C. The van der Waals surface area contributed by atoms with E-state index in [1.54, 1.807) is 18.3 Å². The van der Waals surface area contributed by atoms with Gasteiger partial charge < -0.3 is 0 Å². The van der Waals surface area contributed by atoms with Crippen LogP contribution in [0.5, 0.6) is 0 Å². The number of thiazole rings is 1. The summed E-state index contributed by atoms with van der Waals surface area (Å²) in [5.41, 5.74) is 2.91. The minimum Gasteiger partial charge on any atom is -0.293 e. The fraction of sp³-hybridized carbons (Fsp3) is 0.214. The van der Waals surface area contributed by atoms with E-state index < -0.39 is 10.0 Å². The quantitative estimate of drug-likeness (QED) is 0.803. The molecular weight excluding hydrogens is 306 g/mol. The number of aryl methyl sites for hydroxylation is 2. The number of fused-ring (bicyclic) bond motifs is 1. The molecule has 0 saturated carbocycles. The smallest absolute Gasteiger partial charge is 0.240 e. The van der Waals surface area contributed by atoms with Gasteiger partial charge in [0.15, 0.2) is 4.96 Å². The fourth-order valence-corrected chi connectivity index (χ4v) is 3.97. The third-order valence-corrected chi connectivity index (χ3v) is 5.75. The molecule has 110 valence electrons. The van der Waals surface area contributed by atoms with Crippen LogP contribution in [0.2, 0.25) is 0 Å². The number of nitrogens with zero attached hydrogens (tertiary/aromatic N) is 2. The summed E-state index contributed by atoms with van der Waals surface area (Å²) in [5, 5.41) is 1.91. The lowest BCUT2D eigenvalue weighted by Crippen LogP contribution is -2.24. The highest BCUT2D eigenvalue weighted by atomic mass is 32.2. The second-order valence-electron chi connectivity index (χ2n) is 4.88. The van der Waals surface area contributed by atoms with Crippen molar-refractivity contribution in [3.8, 4) is 0 Å². The molecule has 0 aliphatic heterocycles. The predicted octanol–water partition coefficient (Wildman–Crippen LogP) is 2.49. The van der Waals surface area contributed by atoms with E-state index in [4.69, 9.17) is 0 Å². The zero-order chi connectivity index (χ0) is 15.0. The molecule has 1 N–H and O–H groups in total. The van der Waals surface area contributed by atoms with Gasteiger partial charge in [-0.25, -0.2) is 18.1 Å². The monoisotopic (exact) mass is 321 g/mol. The van der Waals surface area contributed by atoms with Gasteiger partial charge in [0.25, 0.3) is 0 Å². The summed E-state index contributed by atoms with van der Waals surface area (Å²) < 4.78 is 29.2. The Morgan fingerprint density at radius 2 is 2.10 bits per heavy atom. The number of imidazole rings is 1. The Kier molecular flexibility index (Phi) is 3.56. The summed E-state index contributed by atoms with van der Waals surface area (Å²) in [6.07, 6.45) is 3.53. The first kappa shape index (κ1) is 14.2. The van der Waals surface area contributed by atoms with E-state index in [2.05, 4.69) is 9.71 Å². The van der Waals surface area contributed by atoms with Crippen molar-refractivity contribution in [3.63, 3.8) is 0 Å². The molecule has 1 aromatic carbocycles. The lowest BCUT2D eigenvalue weighted by molar-refractivity contribution is 0.580. The molecule has 0 aliphatic rings. The Morgan fingerprint density at radius 1 is 1.29 bits per heavy atom. The third kappa shape index (κ3) is 2.72. The Labute approximate surface area is 127 Å². The van der Waals surface area contributed by atoms with Crippen molar-refractivity contribution in [1.29, 1.82) is 0 Å². The molecule has 0 bridgehead atoms. The molecule has 7 heteroatoms. The molecule has 5 nitrogen and oxygen atoms in total. The van der Waals surface area contributed by atoms with Gasteiger partial charge in [-0.05, 0) is 37.1 Å². The van der Waals surface area contributed by atoms with Crippen LogP contribution in [0.4, 0.5) is 0 Å². The maximum absolute atomic E-state index is 12.3. The first-order chi connectivity index (χ1) is 9.97. The molecule has 0 amide bonds. The molecule has 0 radical (unpaired) electrons. The standard InChI is InChI=1S/C14H15N3O2S2/c1-10-3-4-13(7-11(10)2)21(18,19)16-8-12-9-20-14-15-5-6-17(12)14/h3-7,9,16H,8H2,1-2H3. The van der Waals surface area contributed by atoms with E-state index in [0.29, 0.717) is 4.90 Å². The molecular formula is C14H15N3O2S2. The predicted molar refractivity (Wildman–Crippen MR) is 83.0 cm³/mol. The van der Waals surface area contributed by atoms with Crippen molar-refractivity contribution in [2.24, 2.45) is 0 Å². The lowest BCUT2D eigenvalue weighted by Gasteiger charge is -2.08. The maximum atomic E-state index is 12.3. The Balaban J connectivity index is 1.83. The normalized spacial score (nSPS) is 12.1. The molecule has 3 rings (SSSR count). The van der Waals surface area contributed by atoms with Gasteiger partial charge in [0.2, 0.25) is 10.0 Å². The zero-order valence-electron chi connectivity index (χ0n) is 11.7. The van der Waals surface area contributed by atoms with Crippen molar-refractivity contribution in [2.45, 2.75) is 25.3 Å². The number of sulfonamides is 1. The molecule has 21 heavy (non-hydrogen) atoms. The van der Waals surface area contributed by atoms with Crippen LogP contribution in [0.15, 0.2) is 40.9 Å². The first-order valence-electron chi connectivity index (χ1n) is 6.44. The van der Waals surface area contributed by atoms with Crippen molar-refractivity contribution in [1.82, 2.24) is 14.1 Å². The third-order valence-electron chi connectivity index (χ3n) is 3.45. The summed E-state index contributed by atoms with van der Waals surface area (Å²) in [4.78, 5) is 5.32. The second-order valence-corrected chi connectivity index (χ2v) is 7.48. The molecule has 0 aliphatic carbocycles. The van der Waals surface area contributed by atoms with Crippen LogP contribution < -0.4 is 4.72 Å². The van der Waals surface area contributed by atoms with Gasteiger partial charge in [-0.15, -0.1) is 11.3 Å². The van der Waals surface area contributed by atoms with Crippen LogP contribution in [0.25, 0.3) is 4.96 Å². The molecule has 0 fully saturated rings. The minimum absolute atomic E-state index is 0.242. The van der Waals surface area contributed by atoms with Crippen LogP contribution in [0.3, 0.4) is 0 Å². The number of hydrogen-bond acceptors (Lipinski definition) is 4. The van der Waals surface area contributed by atoms with E-state index in [0.717, 1.165) is 21.8 Å².